The highest BCUT2D eigenvalue weighted by atomic mass is 16.8. The highest BCUT2D eigenvalue weighted by Crippen LogP contribution is 2.42. The number of ether oxygens (including phenoxy) is 10. The fraction of sp³-hybridized carbons (Fsp3) is 0.385. The molecule has 5 aromatic rings. The van der Waals surface area contributed by atoms with E-state index in [1.807, 2.05) is 166 Å². The second kappa shape index (κ2) is 21.4. The van der Waals surface area contributed by atoms with Crippen LogP contribution >= 0.6 is 0 Å². The van der Waals surface area contributed by atoms with Crippen molar-refractivity contribution in [1.82, 2.24) is 0 Å². The van der Waals surface area contributed by atoms with E-state index in [0.29, 0.717) is 6.61 Å². The summed E-state index contributed by atoms with van der Waals surface area (Å²) in [6.07, 6.45) is -5.79. The second-order valence-electron chi connectivity index (χ2n) is 16.5. The van der Waals surface area contributed by atoms with Gasteiger partial charge in [-0.05, 0) is 47.7 Å². The lowest BCUT2D eigenvalue weighted by Gasteiger charge is -2.51. The molecule has 4 unspecified atom stereocenters. The highest BCUT2D eigenvalue weighted by Gasteiger charge is 2.59. The normalized spacial score (nSPS) is 28.0. The van der Waals surface area contributed by atoms with Crippen molar-refractivity contribution in [3.05, 3.63) is 192 Å². The third-order valence-corrected chi connectivity index (χ3v) is 11.4. The summed E-state index contributed by atoms with van der Waals surface area (Å²) in [6.45, 7) is 9.08. The summed E-state index contributed by atoms with van der Waals surface area (Å²) in [5, 5.41) is 12.1. The summed E-state index contributed by atoms with van der Waals surface area (Å²) in [6, 6.07) is 49.5. The SMILES string of the molecule is C=C[C@]1(OCC(O)[C@H]2O[C@H]3OC(C)(C)OC3[C@H]2OCc2ccccc2)OC(COCc2ccccc2)[C@H](OCc2ccccc2)[C@H](OCc2ccccc2)C1OCc1ccccc1. The van der Waals surface area contributed by atoms with Gasteiger partial charge in [-0.25, -0.2) is 0 Å². The Morgan fingerprint density at radius 3 is 1.51 bits per heavy atom. The number of aliphatic hydroxyl groups excluding tert-OH is 1. The first kappa shape index (κ1) is 45.0. The van der Waals surface area contributed by atoms with Crippen LogP contribution < -0.4 is 0 Å². The molecule has 3 aliphatic heterocycles. The first-order chi connectivity index (χ1) is 30.8. The zero-order chi connectivity index (χ0) is 43.5. The summed E-state index contributed by atoms with van der Waals surface area (Å²) >= 11 is 0. The van der Waals surface area contributed by atoms with Gasteiger partial charge in [0.25, 0.3) is 0 Å². The Labute approximate surface area is 370 Å². The zero-order valence-electron chi connectivity index (χ0n) is 35.9. The van der Waals surface area contributed by atoms with E-state index in [-0.39, 0.29) is 39.6 Å². The summed E-state index contributed by atoms with van der Waals surface area (Å²) in [7, 11) is 0. The van der Waals surface area contributed by atoms with Crippen LogP contribution in [0.5, 0.6) is 0 Å². The van der Waals surface area contributed by atoms with Crippen molar-refractivity contribution < 1.29 is 52.5 Å². The van der Waals surface area contributed by atoms with Gasteiger partial charge in [-0.3, -0.25) is 0 Å². The Balaban J connectivity index is 1.11. The van der Waals surface area contributed by atoms with Gasteiger partial charge >= 0.3 is 0 Å². The molecule has 8 rings (SSSR count). The van der Waals surface area contributed by atoms with Gasteiger partial charge in [0.05, 0.1) is 46.2 Å². The van der Waals surface area contributed by atoms with Crippen molar-refractivity contribution >= 4 is 0 Å². The molecule has 3 fully saturated rings. The molecule has 0 aromatic heterocycles. The van der Waals surface area contributed by atoms with Crippen LogP contribution in [0, 0.1) is 0 Å². The molecule has 0 amide bonds. The van der Waals surface area contributed by atoms with Crippen molar-refractivity contribution in [3.8, 4) is 0 Å². The van der Waals surface area contributed by atoms with Crippen LogP contribution in [-0.4, -0.2) is 85.0 Å². The van der Waals surface area contributed by atoms with Gasteiger partial charge in [0.15, 0.2) is 12.1 Å². The number of rotatable bonds is 21. The Kier molecular flexibility index (Phi) is 15.3. The summed E-state index contributed by atoms with van der Waals surface area (Å²) in [5.41, 5.74) is 4.84. The Morgan fingerprint density at radius 2 is 1.02 bits per heavy atom. The van der Waals surface area contributed by atoms with Crippen molar-refractivity contribution in [2.24, 2.45) is 0 Å². The van der Waals surface area contributed by atoms with E-state index in [1.54, 1.807) is 6.08 Å². The molecule has 11 nitrogen and oxygen atoms in total. The molecule has 63 heavy (non-hydrogen) atoms. The molecule has 332 valence electrons. The van der Waals surface area contributed by atoms with Crippen LogP contribution in [0.2, 0.25) is 0 Å². The maximum absolute atomic E-state index is 12.1. The Hall–Kier alpha value is -4.60. The predicted octanol–water partition coefficient (Wildman–Crippen LogP) is 8.08. The number of fused-ring (bicyclic) bond motifs is 1. The molecule has 0 radical (unpaired) electrons. The quantitative estimate of drug-likeness (QED) is 0.0724. The molecule has 3 saturated heterocycles. The molecule has 0 saturated carbocycles. The van der Waals surface area contributed by atoms with Crippen LogP contribution in [0.4, 0.5) is 0 Å². The van der Waals surface area contributed by atoms with E-state index in [2.05, 4.69) is 6.58 Å². The Morgan fingerprint density at radius 1 is 0.571 bits per heavy atom. The number of hydrogen-bond acceptors (Lipinski definition) is 11. The van der Waals surface area contributed by atoms with Crippen LogP contribution in [0.1, 0.15) is 41.7 Å². The van der Waals surface area contributed by atoms with Crippen molar-refractivity contribution in [3.63, 3.8) is 0 Å². The number of hydrogen-bond donors (Lipinski definition) is 1. The van der Waals surface area contributed by atoms with Crippen molar-refractivity contribution in [2.45, 2.75) is 114 Å². The van der Waals surface area contributed by atoms with E-state index in [9.17, 15) is 5.11 Å². The second-order valence-corrected chi connectivity index (χ2v) is 16.5. The molecule has 3 aliphatic rings. The highest BCUT2D eigenvalue weighted by molar-refractivity contribution is 5.18. The topological polar surface area (TPSA) is 113 Å². The van der Waals surface area contributed by atoms with Gasteiger partial charge in [-0.15, -0.1) is 0 Å². The van der Waals surface area contributed by atoms with Gasteiger partial charge < -0.3 is 52.5 Å². The first-order valence-corrected chi connectivity index (χ1v) is 21.7. The van der Waals surface area contributed by atoms with E-state index in [4.69, 9.17) is 47.4 Å². The van der Waals surface area contributed by atoms with Crippen molar-refractivity contribution in [2.75, 3.05) is 13.2 Å². The predicted molar refractivity (Wildman–Crippen MR) is 235 cm³/mol. The Bertz CT molecular complexity index is 2110. The van der Waals surface area contributed by atoms with Gasteiger partial charge in [-0.2, -0.15) is 0 Å². The van der Waals surface area contributed by atoms with Gasteiger partial charge in [0.1, 0.15) is 48.8 Å². The average molecular weight is 859 g/mol. The van der Waals surface area contributed by atoms with Crippen LogP contribution in [-0.2, 0) is 80.4 Å². The lowest BCUT2D eigenvalue weighted by Crippen LogP contribution is -2.67. The van der Waals surface area contributed by atoms with Gasteiger partial charge in [0, 0.05) is 0 Å². The monoisotopic (exact) mass is 858 g/mol. The zero-order valence-corrected chi connectivity index (χ0v) is 35.9. The first-order valence-electron chi connectivity index (χ1n) is 21.7. The maximum Gasteiger partial charge on any atom is 0.217 e. The molecule has 1 N–H and O–H groups in total. The minimum Gasteiger partial charge on any atom is -0.388 e. The van der Waals surface area contributed by atoms with E-state index >= 15 is 0 Å². The third kappa shape index (κ3) is 11.6. The van der Waals surface area contributed by atoms with E-state index < -0.39 is 66.7 Å². The van der Waals surface area contributed by atoms with Crippen LogP contribution in [0.3, 0.4) is 0 Å². The van der Waals surface area contributed by atoms with E-state index in [1.165, 1.54) is 0 Å². The minimum absolute atomic E-state index is 0.113. The number of benzene rings is 5. The standard InChI is InChI=1S/C52H58O11/c1-4-52(59-35-42(53)44-46(56-32-39-24-14-7-15-25-39)48-50(60-44)63-51(2,3)62-48)49(58-34-41-28-18-9-19-29-41)47(57-33-40-26-16-8-17-27-40)45(55-31-38-22-12-6-13-23-38)43(61-52)36-54-30-37-20-10-5-11-21-37/h4-29,42-50,53H,1,30-36H2,2-3H3/t42?,43?,44-,45+,46+,47+,48?,49?,50+,52+/m1/s1. The summed E-state index contributed by atoms with van der Waals surface area (Å²) in [4.78, 5) is 0. The maximum atomic E-state index is 12.1. The molecule has 0 bridgehead atoms. The fourth-order valence-electron chi connectivity index (χ4n) is 8.29. The van der Waals surface area contributed by atoms with Crippen molar-refractivity contribution in [1.29, 1.82) is 0 Å². The largest absolute Gasteiger partial charge is 0.388 e. The fourth-order valence-corrected chi connectivity index (χ4v) is 8.29. The number of aliphatic hydroxyl groups is 1. The molecule has 0 aliphatic carbocycles. The molecule has 11 heteroatoms. The van der Waals surface area contributed by atoms with Gasteiger partial charge in [0.2, 0.25) is 5.79 Å². The summed E-state index contributed by atoms with van der Waals surface area (Å²) in [5.74, 6) is -2.58. The smallest absolute Gasteiger partial charge is 0.217 e. The molecule has 5 aromatic carbocycles. The molecule has 3 heterocycles. The lowest BCUT2D eigenvalue weighted by molar-refractivity contribution is -0.368. The minimum atomic E-state index is -1.69. The lowest BCUT2D eigenvalue weighted by atomic mass is 9.91. The molecular weight excluding hydrogens is 801 g/mol. The molecular formula is C52H58O11. The van der Waals surface area contributed by atoms with Gasteiger partial charge in [-0.1, -0.05) is 158 Å². The average Bonchev–Trinajstić information content (AvgIpc) is 3.81. The van der Waals surface area contributed by atoms with E-state index in [0.717, 1.165) is 27.8 Å². The molecule has 10 atom stereocenters. The third-order valence-electron chi connectivity index (χ3n) is 11.4. The van der Waals surface area contributed by atoms with Crippen LogP contribution in [0.15, 0.2) is 164 Å². The summed E-state index contributed by atoms with van der Waals surface area (Å²) < 4.78 is 66.2. The molecule has 0 spiro atoms. The van der Waals surface area contributed by atoms with Crippen LogP contribution in [0.25, 0.3) is 0 Å².